The first kappa shape index (κ1) is 12.6. The van der Waals surface area contributed by atoms with Gasteiger partial charge in [-0.25, -0.2) is 4.39 Å². The number of hydrogen-bond acceptors (Lipinski definition) is 2. The van der Waals surface area contributed by atoms with Gasteiger partial charge in [0, 0.05) is 11.8 Å². The summed E-state index contributed by atoms with van der Waals surface area (Å²) in [5.41, 5.74) is 1.46. The molecule has 1 N–H and O–H groups in total. The molecule has 0 bridgehead atoms. The lowest BCUT2D eigenvalue weighted by atomic mass is 10.2. The zero-order chi connectivity index (χ0) is 13.0. The number of phenolic OH excluding ortho intramolecular Hbond substituents is 1. The van der Waals surface area contributed by atoms with Crippen molar-refractivity contribution in [2.24, 2.45) is 4.99 Å². The van der Waals surface area contributed by atoms with Gasteiger partial charge in [0.15, 0.2) is 0 Å². The molecule has 4 heteroatoms. The standard InChI is InChI=1S/C14H11ClFNO/c15-12-7-10(5-6-13(12)16)8-17-9-11-3-1-2-4-14(11)18/h1-7,9,18H,8H2. The van der Waals surface area contributed by atoms with E-state index in [-0.39, 0.29) is 10.8 Å². The summed E-state index contributed by atoms with van der Waals surface area (Å²) in [7, 11) is 0. The van der Waals surface area contributed by atoms with Crippen molar-refractivity contribution >= 4 is 17.8 Å². The number of aliphatic imine (C=N–C) groups is 1. The quantitative estimate of drug-likeness (QED) is 0.840. The summed E-state index contributed by atoms with van der Waals surface area (Å²) in [6.45, 7) is 0.383. The summed E-state index contributed by atoms with van der Waals surface area (Å²) < 4.78 is 12.9. The lowest BCUT2D eigenvalue weighted by molar-refractivity contribution is 0.474. The van der Waals surface area contributed by atoms with Gasteiger partial charge in [-0.05, 0) is 29.8 Å². The van der Waals surface area contributed by atoms with Gasteiger partial charge in [0.25, 0.3) is 0 Å². The molecule has 0 saturated carbocycles. The van der Waals surface area contributed by atoms with Gasteiger partial charge >= 0.3 is 0 Å². The van der Waals surface area contributed by atoms with E-state index in [4.69, 9.17) is 11.6 Å². The highest BCUT2D eigenvalue weighted by atomic mass is 35.5. The maximum Gasteiger partial charge on any atom is 0.141 e. The largest absolute Gasteiger partial charge is 0.507 e. The van der Waals surface area contributed by atoms with Crippen LogP contribution in [0.1, 0.15) is 11.1 Å². The second kappa shape index (κ2) is 5.65. The SMILES string of the molecule is Oc1ccccc1C=NCc1ccc(F)c(Cl)c1. The predicted octanol–water partition coefficient (Wildman–Crippen LogP) is 3.80. The minimum atomic E-state index is -0.440. The minimum Gasteiger partial charge on any atom is -0.507 e. The van der Waals surface area contributed by atoms with Crippen molar-refractivity contribution in [3.63, 3.8) is 0 Å². The van der Waals surface area contributed by atoms with E-state index in [0.29, 0.717) is 12.1 Å². The first-order valence-corrected chi connectivity index (χ1v) is 5.76. The highest BCUT2D eigenvalue weighted by Crippen LogP contribution is 2.17. The molecule has 0 amide bonds. The number of hydrogen-bond donors (Lipinski definition) is 1. The molecule has 0 heterocycles. The summed E-state index contributed by atoms with van der Waals surface area (Å²) in [4.78, 5) is 4.18. The van der Waals surface area contributed by atoms with Crippen molar-refractivity contribution in [3.8, 4) is 5.75 Å². The molecule has 92 valence electrons. The maximum atomic E-state index is 12.9. The van der Waals surface area contributed by atoms with Gasteiger partial charge in [0.1, 0.15) is 11.6 Å². The van der Waals surface area contributed by atoms with E-state index in [1.807, 2.05) is 6.07 Å². The van der Waals surface area contributed by atoms with Crippen molar-refractivity contribution in [1.29, 1.82) is 0 Å². The van der Waals surface area contributed by atoms with Crippen LogP contribution in [0.3, 0.4) is 0 Å². The molecule has 0 atom stereocenters. The highest BCUT2D eigenvalue weighted by molar-refractivity contribution is 6.30. The summed E-state index contributed by atoms with van der Waals surface area (Å²) in [6.07, 6.45) is 1.58. The lowest BCUT2D eigenvalue weighted by Gasteiger charge is -1.99. The van der Waals surface area contributed by atoms with E-state index < -0.39 is 5.82 Å². The molecule has 2 aromatic carbocycles. The first-order valence-electron chi connectivity index (χ1n) is 5.38. The molecule has 0 aromatic heterocycles. The van der Waals surface area contributed by atoms with Gasteiger partial charge in [0.05, 0.1) is 11.6 Å². The topological polar surface area (TPSA) is 32.6 Å². The van der Waals surface area contributed by atoms with Crippen LogP contribution in [0.25, 0.3) is 0 Å². The van der Waals surface area contributed by atoms with E-state index in [2.05, 4.69) is 4.99 Å². The van der Waals surface area contributed by atoms with E-state index in [0.717, 1.165) is 5.56 Å². The van der Waals surface area contributed by atoms with Gasteiger partial charge in [-0.15, -0.1) is 0 Å². The van der Waals surface area contributed by atoms with Crippen LogP contribution < -0.4 is 0 Å². The van der Waals surface area contributed by atoms with Crippen molar-refractivity contribution in [3.05, 3.63) is 64.4 Å². The average molecular weight is 264 g/mol. The zero-order valence-electron chi connectivity index (χ0n) is 9.48. The fraction of sp³-hybridized carbons (Fsp3) is 0.0714. The van der Waals surface area contributed by atoms with Crippen LogP contribution in [-0.4, -0.2) is 11.3 Å². The fourth-order valence-electron chi connectivity index (χ4n) is 1.48. The average Bonchev–Trinajstić information content (AvgIpc) is 2.36. The van der Waals surface area contributed by atoms with Crippen LogP contribution >= 0.6 is 11.6 Å². The van der Waals surface area contributed by atoms with E-state index in [1.54, 1.807) is 36.5 Å². The van der Waals surface area contributed by atoms with Crippen molar-refractivity contribution in [1.82, 2.24) is 0 Å². The molecule has 2 aromatic rings. The molecule has 2 nitrogen and oxygen atoms in total. The second-order valence-corrected chi connectivity index (χ2v) is 4.18. The molecule has 18 heavy (non-hydrogen) atoms. The molecule has 2 rings (SSSR count). The Bertz CT molecular complexity index is 584. The normalized spacial score (nSPS) is 11.0. The third-order valence-electron chi connectivity index (χ3n) is 2.43. The Labute approximate surface area is 109 Å². The first-order chi connectivity index (χ1) is 8.66. The summed E-state index contributed by atoms with van der Waals surface area (Å²) >= 11 is 5.67. The monoisotopic (exact) mass is 263 g/mol. The summed E-state index contributed by atoms with van der Waals surface area (Å²) in [6, 6.07) is 11.4. The van der Waals surface area contributed by atoms with Crippen molar-refractivity contribution < 1.29 is 9.50 Å². The van der Waals surface area contributed by atoms with Crippen LogP contribution in [0.4, 0.5) is 4.39 Å². The highest BCUT2D eigenvalue weighted by Gasteiger charge is 2.00. The maximum absolute atomic E-state index is 12.9. The van der Waals surface area contributed by atoms with Crippen molar-refractivity contribution in [2.45, 2.75) is 6.54 Å². The number of halogens is 2. The third kappa shape index (κ3) is 3.08. The predicted molar refractivity (Wildman–Crippen MR) is 70.8 cm³/mol. The molecule has 0 aliphatic carbocycles. The third-order valence-corrected chi connectivity index (χ3v) is 2.71. The van der Waals surface area contributed by atoms with E-state index >= 15 is 0 Å². The van der Waals surface area contributed by atoms with E-state index in [9.17, 15) is 9.50 Å². The summed E-state index contributed by atoms with van der Waals surface area (Å²) in [5.74, 6) is -0.261. The second-order valence-electron chi connectivity index (χ2n) is 3.78. The number of benzene rings is 2. The number of nitrogens with zero attached hydrogens (tertiary/aromatic N) is 1. The Morgan fingerprint density at radius 3 is 2.72 bits per heavy atom. The van der Waals surface area contributed by atoms with Crippen LogP contribution in [-0.2, 0) is 6.54 Å². The van der Waals surface area contributed by atoms with Gasteiger partial charge < -0.3 is 5.11 Å². The Hall–Kier alpha value is -1.87. The van der Waals surface area contributed by atoms with Crippen LogP contribution in [0, 0.1) is 5.82 Å². The molecule has 0 saturated heterocycles. The van der Waals surface area contributed by atoms with Gasteiger partial charge in [-0.1, -0.05) is 29.8 Å². The van der Waals surface area contributed by atoms with Crippen LogP contribution in [0.2, 0.25) is 5.02 Å². The molecule has 0 aliphatic rings. The van der Waals surface area contributed by atoms with Gasteiger partial charge in [0.2, 0.25) is 0 Å². The fourth-order valence-corrected chi connectivity index (χ4v) is 1.69. The van der Waals surface area contributed by atoms with E-state index in [1.165, 1.54) is 6.07 Å². The Balaban J connectivity index is 2.07. The number of aromatic hydroxyl groups is 1. The molecule has 0 aliphatic heterocycles. The number of para-hydroxylation sites is 1. The zero-order valence-corrected chi connectivity index (χ0v) is 10.2. The molecule has 0 fully saturated rings. The number of rotatable bonds is 3. The Morgan fingerprint density at radius 2 is 2.00 bits per heavy atom. The van der Waals surface area contributed by atoms with Gasteiger partial charge in [-0.3, -0.25) is 4.99 Å². The minimum absolute atomic E-state index is 0.0882. The smallest absolute Gasteiger partial charge is 0.141 e. The van der Waals surface area contributed by atoms with Gasteiger partial charge in [-0.2, -0.15) is 0 Å². The molecule has 0 unspecified atom stereocenters. The van der Waals surface area contributed by atoms with Crippen LogP contribution in [0.5, 0.6) is 5.75 Å². The molecular weight excluding hydrogens is 253 g/mol. The van der Waals surface area contributed by atoms with Crippen molar-refractivity contribution in [2.75, 3.05) is 0 Å². The lowest BCUT2D eigenvalue weighted by Crippen LogP contribution is -1.86. The molecular formula is C14H11ClFNO. The molecule has 0 radical (unpaired) electrons. The molecule has 0 spiro atoms. The van der Waals surface area contributed by atoms with Crippen LogP contribution in [0.15, 0.2) is 47.5 Å². The summed E-state index contributed by atoms with van der Waals surface area (Å²) in [5, 5.41) is 9.61. The number of phenols is 1. The Morgan fingerprint density at radius 1 is 1.22 bits per heavy atom. The Kier molecular flexibility index (Phi) is 3.95.